The van der Waals surface area contributed by atoms with E-state index in [1.54, 1.807) is 30.3 Å². The Bertz CT molecular complexity index is 1110. The van der Waals surface area contributed by atoms with Crippen LogP contribution in [0.5, 0.6) is 5.75 Å². The van der Waals surface area contributed by atoms with Gasteiger partial charge < -0.3 is 15.8 Å². The van der Waals surface area contributed by atoms with E-state index < -0.39 is 15.7 Å². The lowest BCUT2D eigenvalue weighted by atomic mass is 10.0. The average Bonchev–Trinajstić information content (AvgIpc) is 2.72. The lowest BCUT2D eigenvalue weighted by Gasteiger charge is -2.15. The number of anilines is 1. The van der Waals surface area contributed by atoms with Crippen LogP contribution in [0.25, 0.3) is 11.1 Å². The van der Waals surface area contributed by atoms with E-state index in [-0.39, 0.29) is 17.3 Å². The van der Waals surface area contributed by atoms with Gasteiger partial charge in [0.25, 0.3) is 5.91 Å². The molecule has 3 aromatic carbocycles. The summed E-state index contributed by atoms with van der Waals surface area (Å²) in [7, 11) is -3.55. The van der Waals surface area contributed by atoms with Crippen molar-refractivity contribution in [2.45, 2.75) is 11.4 Å². The van der Waals surface area contributed by atoms with E-state index in [4.69, 9.17) is 10.5 Å². The second kappa shape index (κ2) is 8.89. The second-order valence-corrected chi connectivity index (χ2v) is 8.50. The normalized spacial score (nSPS) is 11.1. The summed E-state index contributed by atoms with van der Waals surface area (Å²) in [6, 6.07) is 21.4. The van der Waals surface area contributed by atoms with E-state index in [0.29, 0.717) is 17.8 Å². The van der Waals surface area contributed by atoms with Crippen LogP contribution in [0, 0.1) is 0 Å². The molecule has 0 aliphatic heterocycles. The molecule has 0 atom stereocenters. The van der Waals surface area contributed by atoms with Gasteiger partial charge in [0.15, 0.2) is 16.4 Å². The van der Waals surface area contributed by atoms with E-state index in [1.807, 2.05) is 36.4 Å². The van der Waals surface area contributed by atoms with Crippen LogP contribution in [0.3, 0.4) is 0 Å². The molecule has 0 heterocycles. The van der Waals surface area contributed by atoms with Gasteiger partial charge in [0.1, 0.15) is 10.6 Å². The Morgan fingerprint density at radius 1 is 1.00 bits per heavy atom. The molecule has 0 fully saturated rings. The largest absolute Gasteiger partial charge is 0.482 e. The third kappa shape index (κ3) is 5.22. The molecule has 6 nitrogen and oxygen atoms in total. The molecule has 0 saturated carbocycles. The fourth-order valence-corrected chi connectivity index (χ4v) is 3.74. The number of carbonyl (C=O) groups is 1. The Balaban J connectivity index is 1.86. The summed E-state index contributed by atoms with van der Waals surface area (Å²) in [6.07, 6.45) is 1.11. The van der Waals surface area contributed by atoms with E-state index >= 15 is 0 Å². The summed E-state index contributed by atoms with van der Waals surface area (Å²) >= 11 is 0. The highest BCUT2D eigenvalue weighted by atomic mass is 32.2. The molecule has 7 heteroatoms. The summed E-state index contributed by atoms with van der Waals surface area (Å²) in [6.45, 7) is 0.0294. The van der Waals surface area contributed by atoms with Gasteiger partial charge in [-0.1, -0.05) is 54.6 Å². The summed E-state index contributed by atoms with van der Waals surface area (Å²) in [5.41, 5.74) is 8.50. The number of hydrogen-bond acceptors (Lipinski definition) is 5. The molecule has 0 saturated heterocycles. The Hall–Kier alpha value is -3.16. The predicted molar refractivity (Wildman–Crippen MR) is 113 cm³/mol. The third-order valence-electron chi connectivity index (χ3n) is 4.26. The van der Waals surface area contributed by atoms with Crippen molar-refractivity contribution < 1.29 is 17.9 Å². The topological polar surface area (TPSA) is 98.5 Å². The third-order valence-corrected chi connectivity index (χ3v) is 5.38. The number of para-hydroxylation sites is 1. The van der Waals surface area contributed by atoms with Crippen LogP contribution < -0.4 is 15.8 Å². The summed E-state index contributed by atoms with van der Waals surface area (Å²) in [5.74, 6) is -0.242. The molecule has 29 heavy (non-hydrogen) atoms. The van der Waals surface area contributed by atoms with Crippen LogP contribution in [0.2, 0.25) is 0 Å². The number of amides is 1. The van der Waals surface area contributed by atoms with Crippen LogP contribution in [-0.2, 0) is 21.2 Å². The van der Waals surface area contributed by atoms with Crippen LogP contribution in [0.1, 0.15) is 5.56 Å². The zero-order valence-electron chi connectivity index (χ0n) is 16.0. The van der Waals surface area contributed by atoms with Gasteiger partial charge in [-0.2, -0.15) is 0 Å². The minimum absolute atomic E-state index is 0.0387. The van der Waals surface area contributed by atoms with Crippen LogP contribution in [0.15, 0.2) is 77.7 Å². The number of nitrogens with two attached hydrogens (primary N) is 1. The molecule has 0 spiro atoms. The highest BCUT2D eigenvalue weighted by Crippen LogP contribution is 2.35. The standard InChI is InChI=1S/C22H22N2O4S/c1-29(26,27)20-12-6-11-19(17-8-3-2-4-9-17)22(20)28-15-21(25)24-18-10-5-7-16(13-18)14-23/h2-13H,14-15,23H2,1H3,(H,24,25). The molecule has 0 unspecified atom stereocenters. The number of rotatable bonds is 7. The fourth-order valence-electron chi connectivity index (χ4n) is 2.91. The summed E-state index contributed by atoms with van der Waals surface area (Å²) in [5, 5.41) is 2.74. The van der Waals surface area contributed by atoms with Crippen molar-refractivity contribution in [3.63, 3.8) is 0 Å². The first kappa shape index (κ1) is 20.6. The molecular weight excluding hydrogens is 388 g/mol. The molecule has 0 bridgehead atoms. The first-order valence-corrected chi connectivity index (χ1v) is 10.9. The number of sulfone groups is 1. The molecule has 0 radical (unpaired) electrons. The van der Waals surface area contributed by atoms with Crippen LogP contribution >= 0.6 is 0 Å². The zero-order valence-corrected chi connectivity index (χ0v) is 16.8. The SMILES string of the molecule is CS(=O)(=O)c1cccc(-c2ccccc2)c1OCC(=O)Nc1cccc(CN)c1. The van der Waals surface area contributed by atoms with Gasteiger partial charge in [0.05, 0.1) is 0 Å². The number of benzene rings is 3. The predicted octanol–water partition coefficient (Wildman–Crippen LogP) is 3.23. The van der Waals surface area contributed by atoms with Crippen molar-refractivity contribution >= 4 is 21.4 Å². The van der Waals surface area contributed by atoms with Crippen molar-refractivity contribution in [3.05, 3.63) is 78.4 Å². The van der Waals surface area contributed by atoms with Crippen LogP contribution in [0.4, 0.5) is 5.69 Å². The van der Waals surface area contributed by atoms with Crippen molar-refractivity contribution in [2.24, 2.45) is 5.73 Å². The minimum atomic E-state index is -3.55. The van der Waals surface area contributed by atoms with E-state index in [0.717, 1.165) is 17.4 Å². The molecule has 3 aromatic rings. The van der Waals surface area contributed by atoms with E-state index in [1.165, 1.54) is 6.07 Å². The van der Waals surface area contributed by atoms with Crippen molar-refractivity contribution in [3.8, 4) is 16.9 Å². The molecule has 150 valence electrons. The van der Waals surface area contributed by atoms with E-state index in [2.05, 4.69) is 5.32 Å². The van der Waals surface area contributed by atoms with Crippen molar-refractivity contribution in [1.29, 1.82) is 0 Å². The molecular formula is C22H22N2O4S. The highest BCUT2D eigenvalue weighted by molar-refractivity contribution is 7.90. The molecule has 0 aliphatic carbocycles. The first-order valence-electron chi connectivity index (χ1n) is 8.98. The maximum Gasteiger partial charge on any atom is 0.262 e. The average molecular weight is 410 g/mol. The first-order chi connectivity index (χ1) is 13.9. The zero-order chi connectivity index (χ0) is 20.9. The smallest absolute Gasteiger partial charge is 0.262 e. The Labute approximate surface area is 170 Å². The maximum absolute atomic E-state index is 12.4. The van der Waals surface area contributed by atoms with Gasteiger partial charge in [-0.3, -0.25) is 4.79 Å². The number of ether oxygens (including phenoxy) is 1. The Morgan fingerprint density at radius 2 is 1.72 bits per heavy atom. The molecule has 1 amide bonds. The highest BCUT2D eigenvalue weighted by Gasteiger charge is 2.20. The quantitative estimate of drug-likeness (QED) is 0.623. The van der Waals surface area contributed by atoms with Gasteiger partial charge in [0, 0.05) is 24.1 Å². The van der Waals surface area contributed by atoms with Crippen molar-refractivity contribution in [1.82, 2.24) is 0 Å². The van der Waals surface area contributed by atoms with Gasteiger partial charge in [-0.05, 0) is 29.3 Å². The van der Waals surface area contributed by atoms with Gasteiger partial charge in [-0.15, -0.1) is 0 Å². The minimum Gasteiger partial charge on any atom is -0.482 e. The monoisotopic (exact) mass is 410 g/mol. The van der Waals surface area contributed by atoms with Crippen LogP contribution in [-0.4, -0.2) is 27.2 Å². The Morgan fingerprint density at radius 3 is 2.41 bits per heavy atom. The Kier molecular flexibility index (Phi) is 6.31. The van der Waals surface area contributed by atoms with Crippen molar-refractivity contribution in [2.75, 3.05) is 18.2 Å². The number of hydrogen-bond donors (Lipinski definition) is 2. The summed E-state index contributed by atoms with van der Waals surface area (Å²) < 4.78 is 30.2. The van der Waals surface area contributed by atoms with E-state index in [9.17, 15) is 13.2 Å². The molecule has 0 aliphatic rings. The maximum atomic E-state index is 12.4. The number of nitrogens with one attached hydrogen (secondary N) is 1. The van der Waals surface area contributed by atoms with Gasteiger partial charge >= 0.3 is 0 Å². The molecule has 0 aromatic heterocycles. The fraction of sp³-hybridized carbons (Fsp3) is 0.136. The summed E-state index contributed by atoms with van der Waals surface area (Å²) in [4.78, 5) is 12.4. The molecule has 3 rings (SSSR count). The second-order valence-electron chi connectivity index (χ2n) is 6.51. The van der Waals surface area contributed by atoms with Gasteiger partial charge in [0.2, 0.25) is 0 Å². The van der Waals surface area contributed by atoms with Gasteiger partial charge in [-0.25, -0.2) is 8.42 Å². The molecule has 3 N–H and O–H groups in total. The lowest BCUT2D eigenvalue weighted by molar-refractivity contribution is -0.118. The lowest BCUT2D eigenvalue weighted by Crippen LogP contribution is -2.21. The number of carbonyl (C=O) groups excluding carboxylic acids is 1.